The molecule has 0 aromatic heterocycles. The predicted octanol–water partition coefficient (Wildman–Crippen LogP) is -2.26. The van der Waals surface area contributed by atoms with Crippen LogP contribution in [0, 0.1) is 0 Å². The van der Waals surface area contributed by atoms with Gasteiger partial charge < -0.3 is 63.5 Å². The van der Waals surface area contributed by atoms with Gasteiger partial charge in [0.25, 0.3) is 0 Å². The maximum atomic E-state index is 11.7. The fourth-order valence-electron chi connectivity index (χ4n) is 2.58. The van der Waals surface area contributed by atoms with E-state index in [1.165, 1.54) is 14.2 Å². The molecule has 0 spiro atoms. The van der Waals surface area contributed by atoms with Crippen LogP contribution in [-0.2, 0) is 32.0 Å². The zero-order valence-electron chi connectivity index (χ0n) is 20.9. The summed E-state index contributed by atoms with van der Waals surface area (Å²) in [6.07, 6.45) is 0.539. The van der Waals surface area contributed by atoms with Gasteiger partial charge in [-0.1, -0.05) is 0 Å². The van der Waals surface area contributed by atoms with Crippen molar-refractivity contribution in [2.75, 3.05) is 66.8 Å². The Hall–Kier alpha value is -2.37. The molecule has 2 atom stereocenters. The standard InChI is InChI=1S/C18H38N4O13Si2/c1-31-36(29,11-3-5-19-17(27)21-7-9-33-13-15(23)24)35-37(30,32-2)12-4-6-20-18(28)22-8-10-34-14-16(25)26/h29-30H,3-14H2,1-2H3,(H,23,24)(H,25,26)(H2,19,21,27)(H2,20,22,28). The topological polar surface area (TPSA) is 243 Å². The lowest BCUT2D eigenvalue weighted by molar-refractivity contribution is -0.143. The minimum absolute atomic E-state index is 0.0226. The largest absolute Gasteiger partial charge is 0.490 e. The molecule has 0 heterocycles. The van der Waals surface area contributed by atoms with E-state index in [4.69, 9.17) is 32.7 Å². The molecular weight excluding hydrogens is 536 g/mol. The third-order valence-corrected chi connectivity index (χ3v) is 10.2. The van der Waals surface area contributed by atoms with E-state index in [0.29, 0.717) is 0 Å². The highest BCUT2D eigenvalue weighted by Gasteiger charge is 2.48. The van der Waals surface area contributed by atoms with E-state index < -0.39 is 54.8 Å². The maximum Gasteiger partial charge on any atom is 0.490 e. The first-order chi connectivity index (χ1) is 17.4. The molecule has 2 unspecified atom stereocenters. The molecule has 0 saturated heterocycles. The smallest absolute Gasteiger partial charge is 0.480 e. The summed E-state index contributed by atoms with van der Waals surface area (Å²) in [4.78, 5) is 65.4. The SMILES string of the molecule is CO[Si](O)(CCCNC(=O)NCCOCC(=O)O)O[Si](O)(CCCNC(=O)NCCOCC(=O)O)OC. The molecule has 0 aromatic rings. The summed E-state index contributed by atoms with van der Waals surface area (Å²) < 4.78 is 25.3. The molecular formula is C18H38N4O13Si2. The summed E-state index contributed by atoms with van der Waals surface area (Å²) in [6.45, 7) is -0.289. The molecule has 0 aliphatic rings. The number of nitrogens with one attached hydrogen (secondary N) is 4. The van der Waals surface area contributed by atoms with Gasteiger partial charge in [-0.2, -0.15) is 0 Å². The average Bonchev–Trinajstić information content (AvgIpc) is 2.83. The molecule has 0 saturated carbocycles. The zero-order valence-corrected chi connectivity index (χ0v) is 22.9. The van der Waals surface area contributed by atoms with Gasteiger partial charge in [-0.25, -0.2) is 19.2 Å². The second-order valence-electron chi connectivity index (χ2n) is 7.40. The number of rotatable bonds is 22. The van der Waals surface area contributed by atoms with E-state index in [1.807, 2.05) is 0 Å². The van der Waals surface area contributed by atoms with E-state index in [1.54, 1.807) is 0 Å². The minimum Gasteiger partial charge on any atom is -0.480 e. The van der Waals surface area contributed by atoms with Crippen LogP contribution >= 0.6 is 0 Å². The number of urea groups is 2. The third kappa shape index (κ3) is 19.4. The van der Waals surface area contributed by atoms with Crippen LogP contribution in [0.4, 0.5) is 9.59 Å². The second kappa shape index (κ2) is 19.7. The highest BCUT2D eigenvalue weighted by Crippen LogP contribution is 2.21. The Morgan fingerprint density at radius 1 is 0.649 bits per heavy atom. The molecule has 216 valence electrons. The number of carboxylic acids is 2. The van der Waals surface area contributed by atoms with Crippen molar-refractivity contribution in [3.63, 3.8) is 0 Å². The Labute approximate surface area is 216 Å². The number of carbonyl (C=O) groups is 4. The van der Waals surface area contributed by atoms with Gasteiger partial charge in [0.15, 0.2) is 0 Å². The Kier molecular flexibility index (Phi) is 18.4. The Balaban J connectivity index is 4.22. The predicted molar refractivity (Wildman–Crippen MR) is 130 cm³/mol. The lowest BCUT2D eigenvalue weighted by Crippen LogP contribution is -2.55. The van der Waals surface area contributed by atoms with E-state index in [0.717, 1.165) is 0 Å². The fourth-order valence-corrected chi connectivity index (χ4v) is 7.72. The van der Waals surface area contributed by atoms with Crippen LogP contribution < -0.4 is 21.3 Å². The van der Waals surface area contributed by atoms with Crippen LogP contribution in [0.15, 0.2) is 0 Å². The lowest BCUT2D eigenvalue weighted by atomic mass is 10.5. The van der Waals surface area contributed by atoms with Crippen LogP contribution in [0.25, 0.3) is 0 Å². The van der Waals surface area contributed by atoms with Crippen molar-refractivity contribution >= 4 is 41.6 Å². The summed E-state index contributed by atoms with van der Waals surface area (Å²) in [7, 11) is -5.19. The van der Waals surface area contributed by atoms with Gasteiger partial charge in [-0.05, 0) is 12.8 Å². The van der Waals surface area contributed by atoms with Crippen molar-refractivity contribution in [3.8, 4) is 0 Å². The number of aliphatic carboxylic acids is 2. The van der Waals surface area contributed by atoms with Gasteiger partial charge in [-0.15, -0.1) is 0 Å². The monoisotopic (exact) mass is 574 g/mol. The van der Waals surface area contributed by atoms with Crippen LogP contribution in [0.2, 0.25) is 12.1 Å². The van der Waals surface area contributed by atoms with Gasteiger partial charge >= 0.3 is 41.6 Å². The molecule has 0 rings (SSSR count). The van der Waals surface area contributed by atoms with E-state index in [2.05, 4.69) is 21.3 Å². The van der Waals surface area contributed by atoms with Crippen molar-refractivity contribution in [1.29, 1.82) is 0 Å². The molecule has 0 aliphatic carbocycles. The molecule has 0 aliphatic heterocycles. The van der Waals surface area contributed by atoms with E-state index in [9.17, 15) is 28.8 Å². The summed E-state index contributed by atoms with van der Waals surface area (Å²) in [6, 6.07) is -0.965. The summed E-state index contributed by atoms with van der Waals surface area (Å²) in [5.41, 5.74) is 0. The molecule has 17 nitrogen and oxygen atoms in total. The van der Waals surface area contributed by atoms with Gasteiger partial charge in [0.2, 0.25) is 0 Å². The molecule has 0 aromatic carbocycles. The maximum absolute atomic E-state index is 11.7. The highest BCUT2D eigenvalue weighted by atomic mass is 28.5. The Bertz CT molecular complexity index is 653. The van der Waals surface area contributed by atoms with E-state index >= 15 is 0 Å². The normalized spacial score (nSPS) is 14.2. The fraction of sp³-hybridized carbons (Fsp3) is 0.778. The van der Waals surface area contributed by atoms with Crippen molar-refractivity contribution in [3.05, 3.63) is 0 Å². The number of carbonyl (C=O) groups excluding carboxylic acids is 2. The van der Waals surface area contributed by atoms with Gasteiger partial charge in [0, 0.05) is 52.5 Å². The molecule has 8 N–H and O–H groups in total. The molecule has 19 heteroatoms. The van der Waals surface area contributed by atoms with Crippen LogP contribution in [0.5, 0.6) is 0 Å². The first-order valence-corrected chi connectivity index (χ1v) is 15.3. The number of hydrogen-bond donors (Lipinski definition) is 8. The Morgan fingerprint density at radius 2 is 1.00 bits per heavy atom. The molecule has 0 fully saturated rings. The first kappa shape index (κ1) is 34.6. The third-order valence-electron chi connectivity index (χ3n) is 4.38. The molecule has 37 heavy (non-hydrogen) atoms. The highest BCUT2D eigenvalue weighted by molar-refractivity contribution is 6.73. The minimum atomic E-state index is -3.83. The summed E-state index contributed by atoms with van der Waals surface area (Å²) in [5, 5.41) is 26.9. The number of amides is 4. The van der Waals surface area contributed by atoms with Crippen molar-refractivity contribution in [2.45, 2.75) is 24.9 Å². The van der Waals surface area contributed by atoms with Gasteiger partial charge in [0.1, 0.15) is 13.2 Å². The van der Waals surface area contributed by atoms with Crippen LogP contribution in [0.1, 0.15) is 12.8 Å². The quantitative estimate of drug-likeness (QED) is 0.0503. The second-order valence-corrected chi connectivity index (χ2v) is 12.9. The summed E-state index contributed by atoms with van der Waals surface area (Å²) in [5.74, 6) is -2.22. The number of carboxylic acid groups (broad SMARTS) is 2. The average molecular weight is 575 g/mol. The van der Waals surface area contributed by atoms with Crippen molar-refractivity contribution in [2.24, 2.45) is 0 Å². The molecule has 4 amide bonds. The first-order valence-electron chi connectivity index (χ1n) is 11.3. The van der Waals surface area contributed by atoms with Crippen molar-refractivity contribution in [1.82, 2.24) is 21.3 Å². The molecule has 0 radical (unpaired) electrons. The van der Waals surface area contributed by atoms with Gasteiger partial charge in [0.05, 0.1) is 13.2 Å². The number of ether oxygens (including phenoxy) is 2. The number of hydrogen-bond acceptors (Lipinski definition) is 11. The zero-order chi connectivity index (χ0) is 28.2. The Morgan fingerprint density at radius 3 is 1.32 bits per heavy atom. The lowest BCUT2D eigenvalue weighted by Gasteiger charge is -2.31. The van der Waals surface area contributed by atoms with E-state index in [-0.39, 0.29) is 64.3 Å². The molecule has 0 bridgehead atoms. The van der Waals surface area contributed by atoms with Crippen molar-refractivity contribution < 1.29 is 61.4 Å². The summed E-state index contributed by atoms with van der Waals surface area (Å²) >= 11 is 0. The van der Waals surface area contributed by atoms with Gasteiger partial charge in [-0.3, -0.25) is 0 Å². The van der Waals surface area contributed by atoms with Crippen LogP contribution in [0.3, 0.4) is 0 Å². The van der Waals surface area contributed by atoms with Crippen LogP contribution in [-0.4, -0.2) is 128 Å².